The minimum absolute atomic E-state index is 0. The van der Waals surface area contributed by atoms with Crippen molar-refractivity contribution >= 4 is 7.69 Å². The van der Waals surface area contributed by atoms with Gasteiger partial charge < -0.3 is 21.4 Å². The van der Waals surface area contributed by atoms with Crippen molar-refractivity contribution in [1.82, 2.24) is 4.98 Å². The van der Waals surface area contributed by atoms with Crippen LogP contribution in [0.1, 0.15) is 1.43 Å². The van der Waals surface area contributed by atoms with E-state index < -0.39 is 0 Å². The van der Waals surface area contributed by atoms with E-state index >= 15 is 0 Å². The largest absolute Gasteiger partial charge is 1.00 e. The molecule has 0 atom stereocenters. The van der Waals surface area contributed by atoms with Gasteiger partial charge in [0.25, 0.3) is 0 Å². The molecule has 0 spiro atoms. The topological polar surface area (TPSA) is 98.0 Å². The summed E-state index contributed by atoms with van der Waals surface area (Å²) in [4.78, 5) is 3.56. The van der Waals surface area contributed by atoms with Crippen LogP contribution in [0.2, 0.25) is 0 Å². The Balaban J connectivity index is -0.0000000379. The van der Waals surface area contributed by atoms with E-state index in [4.69, 9.17) is 10.0 Å². The smallest absolute Gasteiger partial charge is 1.00 e. The molecule has 1 aromatic heterocycles. The fraction of sp³-hybridized carbons (Fsp3) is 0. The summed E-state index contributed by atoms with van der Waals surface area (Å²) < 4.78 is 4.47. The van der Waals surface area contributed by atoms with Crippen LogP contribution in [-0.4, -0.2) is 28.2 Å². The molecule has 1 rings (SSSR count). The van der Waals surface area contributed by atoms with Crippen molar-refractivity contribution in [1.29, 1.82) is 0 Å². The van der Waals surface area contributed by atoms with Crippen LogP contribution in [0.4, 0.5) is 0 Å². The van der Waals surface area contributed by atoms with E-state index in [9.17, 15) is 0 Å². The second-order valence-electron chi connectivity index (χ2n) is 0.791. The molecule has 7 heteroatoms. The van der Waals surface area contributed by atoms with Gasteiger partial charge in [0.05, 0.1) is 6.20 Å². The molecule has 0 fully saturated rings. The average Bonchev–Trinajstić information content (AvgIpc) is 2.17. The molecular weight excluding hydrogens is 164 g/mol. The monoisotopic (exact) mass is 172 g/mol. The Morgan fingerprint density at radius 2 is 2.00 bits per heavy atom. The molecule has 1 heterocycles. The molecule has 0 aliphatic heterocycles. The van der Waals surface area contributed by atoms with Gasteiger partial charge in [-0.15, -0.1) is 0 Å². The van der Waals surface area contributed by atoms with Crippen LogP contribution < -0.4 is 51.4 Å². The third kappa shape index (κ3) is 15.9. The van der Waals surface area contributed by atoms with Crippen molar-refractivity contribution in [2.45, 2.75) is 0 Å². The van der Waals surface area contributed by atoms with Gasteiger partial charge in [-0.05, 0) is 0 Å². The molecule has 0 unspecified atom stereocenters. The first-order chi connectivity index (χ1) is 3.91. The molecule has 5 nitrogen and oxygen atoms in total. The van der Waals surface area contributed by atoms with Gasteiger partial charge in [0, 0.05) is 0 Å². The molecule has 0 saturated heterocycles. The maximum Gasteiger partial charge on any atom is 1.00 e. The van der Waals surface area contributed by atoms with Crippen molar-refractivity contribution in [2.24, 2.45) is 0 Å². The summed E-state index contributed by atoms with van der Waals surface area (Å²) in [6.07, 6.45) is 4.47. The van der Waals surface area contributed by atoms with E-state index in [1.165, 1.54) is 12.7 Å². The Kier molecular flexibility index (Phi) is 28.0. The Labute approximate surface area is 103 Å². The third-order valence-corrected chi connectivity index (χ3v) is 0.347. The summed E-state index contributed by atoms with van der Waals surface area (Å²) in [7, 11) is 0. The second-order valence-corrected chi connectivity index (χ2v) is 0.791. The normalized spacial score (nSPS) is 5.40. The van der Waals surface area contributed by atoms with Gasteiger partial charge in [-0.25, -0.2) is 4.98 Å². The minimum Gasteiger partial charge on any atom is -1.00 e. The first-order valence-corrected chi connectivity index (χ1v) is 1.84. The molecule has 0 aliphatic carbocycles. The summed E-state index contributed by atoms with van der Waals surface area (Å²) in [6.45, 7) is 0. The SMILES string of the molecule is O.O[B]O.[H-].[K+].c1cocn1. The Bertz CT molecular complexity index is 92.2. The minimum atomic E-state index is 0. The van der Waals surface area contributed by atoms with E-state index in [-0.39, 0.29) is 66.0 Å². The molecule has 10 heavy (non-hydrogen) atoms. The fourth-order valence-electron chi connectivity index (χ4n) is 0.176. The number of nitrogens with zero attached hydrogens (tertiary/aromatic N) is 1. The van der Waals surface area contributed by atoms with Gasteiger partial charge in [0.2, 0.25) is 0 Å². The summed E-state index contributed by atoms with van der Waals surface area (Å²) in [5.41, 5.74) is 0. The predicted molar refractivity (Wildman–Crippen MR) is 31.4 cm³/mol. The number of hydrogen-bond acceptors (Lipinski definition) is 4. The van der Waals surface area contributed by atoms with Crippen molar-refractivity contribution in [3.05, 3.63) is 18.9 Å². The Hall–Kier alpha value is 0.791. The van der Waals surface area contributed by atoms with E-state index in [0.717, 1.165) is 0 Å². The van der Waals surface area contributed by atoms with Crippen molar-refractivity contribution in [3.63, 3.8) is 0 Å². The van der Waals surface area contributed by atoms with Crippen LogP contribution >= 0.6 is 0 Å². The van der Waals surface area contributed by atoms with Gasteiger partial charge in [0.15, 0.2) is 6.39 Å². The molecule has 0 amide bonds. The van der Waals surface area contributed by atoms with Gasteiger partial charge in [-0.3, -0.25) is 0 Å². The number of oxazole rings is 1. The zero-order valence-electron chi connectivity index (χ0n) is 6.56. The van der Waals surface area contributed by atoms with Gasteiger partial charge in [-0.1, -0.05) is 0 Å². The molecule has 4 N–H and O–H groups in total. The number of rotatable bonds is 0. The summed E-state index contributed by atoms with van der Waals surface area (Å²) in [5, 5.41) is 14.0. The van der Waals surface area contributed by atoms with Crippen molar-refractivity contribution in [3.8, 4) is 0 Å². The molecule has 0 bridgehead atoms. The maximum absolute atomic E-state index is 7.00. The molecular formula is C3H8BKNO4. The standard InChI is InChI=1S/C3H3NO.BH2O2.K.H2O.H/c1-2-5-3-4-1;2-1-3;;;/h1-3H;2-3H;;1H2;/q;;+1;;-1. The first-order valence-electron chi connectivity index (χ1n) is 1.84. The number of hydrogen-bond donors (Lipinski definition) is 2. The molecule has 0 aliphatic rings. The molecule has 0 aromatic carbocycles. The summed E-state index contributed by atoms with van der Waals surface area (Å²) in [6, 6.07) is 0. The van der Waals surface area contributed by atoms with Crippen LogP contribution in [0.25, 0.3) is 0 Å². The van der Waals surface area contributed by atoms with Crippen molar-refractivity contribution < 1.29 is 72.8 Å². The predicted octanol–water partition coefficient (Wildman–Crippen LogP) is -4.53. The summed E-state index contributed by atoms with van der Waals surface area (Å²) in [5.74, 6) is 0. The van der Waals surface area contributed by atoms with Gasteiger partial charge >= 0.3 is 59.1 Å². The van der Waals surface area contributed by atoms with Crippen LogP contribution in [0, 0.1) is 0 Å². The average molecular weight is 172 g/mol. The quantitative estimate of drug-likeness (QED) is 0.385. The number of aromatic nitrogens is 1. The van der Waals surface area contributed by atoms with Gasteiger partial charge in [-0.2, -0.15) is 0 Å². The van der Waals surface area contributed by atoms with Crippen molar-refractivity contribution in [2.75, 3.05) is 0 Å². The van der Waals surface area contributed by atoms with E-state index in [1.807, 2.05) is 0 Å². The van der Waals surface area contributed by atoms with Gasteiger partial charge in [0.1, 0.15) is 6.26 Å². The molecule has 0 saturated carbocycles. The van der Waals surface area contributed by atoms with E-state index in [2.05, 4.69) is 9.40 Å². The molecule has 53 valence electrons. The van der Waals surface area contributed by atoms with E-state index in [0.29, 0.717) is 0 Å². The van der Waals surface area contributed by atoms with Crippen LogP contribution in [-0.2, 0) is 0 Å². The zero-order valence-corrected chi connectivity index (χ0v) is 8.68. The summed E-state index contributed by atoms with van der Waals surface area (Å²) >= 11 is 0. The van der Waals surface area contributed by atoms with Crippen LogP contribution in [0.3, 0.4) is 0 Å². The first kappa shape index (κ1) is 17.0. The zero-order chi connectivity index (χ0) is 6.24. The maximum atomic E-state index is 7.00. The third-order valence-electron chi connectivity index (χ3n) is 0.347. The molecule has 1 aromatic rings. The Morgan fingerprint density at radius 3 is 2.10 bits per heavy atom. The van der Waals surface area contributed by atoms with Crippen LogP contribution in [0.5, 0.6) is 0 Å². The van der Waals surface area contributed by atoms with Crippen LogP contribution in [0.15, 0.2) is 23.3 Å². The Morgan fingerprint density at radius 1 is 1.50 bits per heavy atom. The fourth-order valence-corrected chi connectivity index (χ4v) is 0.176. The van der Waals surface area contributed by atoms with E-state index in [1.54, 1.807) is 6.20 Å². The molecule has 1 radical (unpaired) electrons. The second kappa shape index (κ2) is 16.4.